The number of halogens is 1. The van der Waals surface area contributed by atoms with Crippen molar-refractivity contribution in [1.82, 2.24) is 4.98 Å². The predicted octanol–water partition coefficient (Wildman–Crippen LogP) is 3.40. The summed E-state index contributed by atoms with van der Waals surface area (Å²) in [6.07, 6.45) is 0. The van der Waals surface area contributed by atoms with Crippen molar-refractivity contribution in [3.05, 3.63) is 41.7 Å². The van der Waals surface area contributed by atoms with Gasteiger partial charge in [-0.2, -0.15) is 0 Å². The van der Waals surface area contributed by atoms with Gasteiger partial charge in [-0.15, -0.1) is 0 Å². The lowest BCUT2D eigenvalue weighted by Crippen LogP contribution is -2.05. The summed E-state index contributed by atoms with van der Waals surface area (Å²) in [6, 6.07) is 7.76. The molecule has 1 aromatic carbocycles. The van der Waals surface area contributed by atoms with Crippen molar-refractivity contribution in [1.29, 1.82) is 0 Å². The summed E-state index contributed by atoms with van der Waals surface area (Å²) in [4.78, 5) is 14.9. The van der Waals surface area contributed by atoms with Gasteiger partial charge in [-0.3, -0.25) is 0 Å². The molecule has 0 bridgehead atoms. The number of rotatable bonds is 5. The van der Waals surface area contributed by atoms with Crippen LogP contribution in [0.1, 0.15) is 24.2 Å². The third-order valence-electron chi connectivity index (χ3n) is 2.73. The summed E-state index contributed by atoms with van der Waals surface area (Å²) in [7, 11) is 0. The van der Waals surface area contributed by atoms with E-state index in [2.05, 4.69) is 4.98 Å². The van der Waals surface area contributed by atoms with Crippen molar-refractivity contribution in [3.63, 3.8) is 0 Å². The van der Waals surface area contributed by atoms with Crippen LogP contribution in [0.4, 0.5) is 4.39 Å². The van der Waals surface area contributed by atoms with E-state index in [0.717, 1.165) is 0 Å². The minimum Gasteiger partial charge on any atom is -0.479 e. The molecule has 20 heavy (non-hydrogen) atoms. The number of benzene rings is 1. The first-order valence-corrected chi connectivity index (χ1v) is 6.45. The fourth-order valence-corrected chi connectivity index (χ4v) is 1.91. The number of carbonyl (C=O) groups is 1. The average Bonchev–Trinajstić information content (AvgIpc) is 2.84. The van der Waals surface area contributed by atoms with Crippen LogP contribution < -0.4 is 4.74 Å². The first-order valence-electron chi connectivity index (χ1n) is 6.45. The number of carbonyl (C=O) groups excluding carboxylic acids is 1. The Hall–Kier alpha value is -2.30. The van der Waals surface area contributed by atoms with Gasteiger partial charge in [-0.25, -0.2) is 9.18 Å². The van der Waals surface area contributed by atoms with Crippen LogP contribution in [-0.2, 0) is 4.74 Å². The number of hydrogen-bond donors (Lipinski definition) is 1. The summed E-state index contributed by atoms with van der Waals surface area (Å²) in [6.45, 7) is 4.24. The maximum Gasteiger partial charge on any atom is 0.340 e. The van der Waals surface area contributed by atoms with Crippen molar-refractivity contribution in [2.24, 2.45) is 0 Å². The van der Waals surface area contributed by atoms with E-state index >= 15 is 0 Å². The van der Waals surface area contributed by atoms with Crippen LogP contribution >= 0.6 is 0 Å². The summed E-state index contributed by atoms with van der Waals surface area (Å²) in [5.74, 6) is -0.510. The van der Waals surface area contributed by atoms with E-state index in [4.69, 9.17) is 9.47 Å². The highest BCUT2D eigenvalue weighted by molar-refractivity contribution is 5.97. The molecule has 0 saturated carbocycles. The average molecular weight is 277 g/mol. The number of esters is 1. The third kappa shape index (κ3) is 2.82. The topological polar surface area (TPSA) is 51.3 Å². The van der Waals surface area contributed by atoms with Crippen LogP contribution in [0.5, 0.6) is 5.88 Å². The molecule has 1 heterocycles. The van der Waals surface area contributed by atoms with Gasteiger partial charge in [0.2, 0.25) is 0 Å². The lowest BCUT2D eigenvalue weighted by molar-refractivity contribution is 0.0527. The zero-order valence-corrected chi connectivity index (χ0v) is 11.4. The van der Waals surface area contributed by atoms with Gasteiger partial charge in [0.05, 0.1) is 24.5 Å². The van der Waals surface area contributed by atoms with E-state index in [0.29, 0.717) is 23.7 Å². The summed E-state index contributed by atoms with van der Waals surface area (Å²) >= 11 is 0. The van der Waals surface area contributed by atoms with Gasteiger partial charge in [0.25, 0.3) is 0 Å². The van der Waals surface area contributed by atoms with Crippen LogP contribution in [0.25, 0.3) is 11.3 Å². The van der Waals surface area contributed by atoms with Gasteiger partial charge >= 0.3 is 5.97 Å². The van der Waals surface area contributed by atoms with Crippen LogP contribution in [0, 0.1) is 5.82 Å². The highest BCUT2D eigenvalue weighted by Crippen LogP contribution is 2.29. The number of aromatic nitrogens is 1. The Kier molecular flexibility index (Phi) is 4.40. The molecular formula is C15H16FNO3. The monoisotopic (exact) mass is 277 g/mol. The molecular weight excluding hydrogens is 261 g/mol. The Morgan fingerprint density at radius 1 is 1.25 bits per heavy atom. The molecule has 0 aliphatic rings. The van der Waals surface area contributed by atoms with Crippen LogP contribution in [-0.4, -0.2) is 24.2 Å². The number of aromatic amines is 1. The number of hydrogen-bond acceptors (Lipinski definition) is 3. The zero-order chi connectivity index (χ0) is 14.5. The standard InChI is InChI=1S/C15H16FNO3/c1-3-19-13-9-11(15(18)20-4-2)14(17-13)10-7-5-6-8-12(10)16/h5-9,17H,3-4H2,1-2H3. The third-order valence-corrected chi connectivity index (χ3v) is 2.73. The van der Waals surface area contributed by atoms with E-state index in [1.165, 1.54) is 12.1 Å². The molecule has 0 fully saturated rings. The SMILES string of the molecule is CCOC(=O)c1cc(OCC)[nH]c1-c1ccccc1F. The molecule has 0 unspecified atom stereocenters. The maximum absolute atomic E-state index is 13.9. The minimum absolute atomic E-state index is 0.255. The highest BCUT2D eigenvalue weighted by Gasteiger charge is 2.20. The van der Waals surface area contributed by atoms with Crippen molar-refractivity contribution in [2.75, 3.05) is 13.2 Å². The van der Waals surface area contributed by atoms with E-state index in [-0.39, 0.29) is 12.2 Å². The van der Waals surface area contributed by atoms with Gasteiger partial charge in [0.1, 0.15) is 5.82 Å². The molecule has 2 aromatic rings. The lowest BCUT2D eigenvalue weighted by atomic mass is 10.1. The van der Waals surface area contributed by atoms with E-state index < -0.39 is 11.8 Å². The molecule has 1 aromatic heterocycles. The maximum atomic E-state index is 13.9. The van der Waals surface area contributed by atoms with Crippen LogP contribution in [0.3, 0.4) is 0 Å². The quantitative estimate of drug-likeness (QED) is 0.852. The number of nitrogens with one attached hydrogen (secondary N) is 1. The Labute approximate surface area is 116 Å². The molecule has 0 amide bonds. The van der Waals surface area contributed by atoms with Gasteiger partial charge in [-0.1, -0.05) is 12.1 Å². The molecule has 1 N–H and O–H groups in total. The predicted molar refractivity (Wildman–Crippen MR) is 73.3 cm³/mol. The van der Waals surface area contributed by atoms with Crippen LogP contribution in [0.15, 0.2) is 30.3 Å². The molecule has 2 rings (SSSR count). The first kappa shape index (κ1) is 14.1. The molecule has 0 atom stereocenters. The van der Waals surface area contributed by atoms with Crippen molar-refractivity contribution < 1.29 is 18.7 Å². The van der Waals surface area contributed by atoms with Gasteiger partial charge in [0.15, 0.2) is 5.88 Å². The largest absolute Gasteiger partial charge is 0.479 e. The van der Waals surface area contributed by atoms with Gasteiger partial charge < -0.3 is 14.5 Å². The van der Waals surface area contributed by atoms with Crippen molar-refractivity contribution >= 4 is 5.97 Å². The van der Waals surface area contributed by atoms with Crippen molar-refractivity contribution in [3.8, 4) is 17.1 Å². The van der Waals surface area contributed by atoms with E-state index in [1.54, 1.807) is 25.1 Å². The lowest BCUT2D eigenvalue weighted by Gasteiger charge is -2.04. The fourth-order valence-electron chi connectivity index (χ4n) is 1.91. The second-order valence-corrected chi connectivity index (χ2v) is 4.06. The summed E-state index contributed by atoms with van der Waals surface area (Å²) in [5.41, 5.74) is 0.937. The normalized spacial score (nSPS) is 10.3. The van der Waals surface area contributed by atoms with Crippen molar-refractivity contribution in [2.45, 2.75) is 13.8 Å². The number of H-pyrrole nitrogens is 1. The molecule has 0 spiro atoms. The molecule has 0 saturated heterocycles. The molecule has 0 aliphatic carbocycles. The molecule has 106 valence electrons. The molecule has 0 aliphatic heterocycles. The molecule has 5 heteroatoms. The van der Waals surface area contributed by atoms with Gasteiger partial charge in [-0.05, 0) is 26.0 Å². The second-order valence-electron chi connectivity index (χ2n) is 4.06. The van der Waals surface area contributed by atoms with E-state index in [1.807, 2.05) is 6.92 Å². The Balaban J connectivity index is 2.50. The van der Waals surface area contributed by atoms with E-state index in [9.17, 15) is 9.18 Å². The Morgan fingerprint density at radius 3 is 2.65 bits per heavy atom. The second kappa shape index (κ2) is 6.23. The summed E-state index contributed by atoms with van der Waals surface area (Å²) in [5, 5.41) is 0. The smallest absolute Gasteiger partial charge is 0.340 e. The Bertz CT molecular complexity index is 607. The van der Waals surface area contributed by atoms with Gasteiger partial charge in [0, 0.05) is 11.6 Å². The summed E-state index contributed by atoms with van der Waals surface area (Å²) < 4.78 is 24.2. The zero-order valence-electron chi connectivity index (χ0n) is 11.4. The van der Waals surface area contributed by atoms with Crippen LogP contribution in [0.2, 0.25) is 0 Å². The number of ether oxygens (including phenoxy) is 2. The molecule has 4 nitrogen and oxygen atoms in total. The minimum atomic E-state index is -0.507. The molecule has 0 radical (unpaired) electrons. The highest BCUT2D eigenvalue weighted by atomic mass is 19.1. The fraction of sp³-hybridized carbons (Fsp3) is 0.267. The first-order chi connectivity index (χ1) is 9.67. The Morgan fingerprint density at radius 2 is 2.00 bits per heavy atom.